The molecule has 1 aliphatic carbocycles. The number of ether oxygens (including phenoxy) is 1. The van der Waals surface area contributed by atoms with E-state index < -0.39 is 23.8 Å². The predicted molar refractivity (Wildman–Crippen MR) is 227 cm³/mol. The molecule has 2 aromatic heterocycles. The average molecular weight is 821 g/mol. The van der Waals surface area contributed by atoms with Gasteiger partial charge in [0.25, 0.3) is 11.8 Å². The van der Waals surface area contributed by atoms with Crippen LogP contribution in [-0.4, -0.2) is 115 Å². The lowest BCUT2D eigenvalue weighted by atomic mass is 9.59. The van der Waals surface area contributed by atoms with Crippen LogP contribution in [0, 0.1) is 5.41 Å². The maximum atomic E-state index is 13.4. The fourth-order valence-electron chi connectivity index (χ4n) is 10.8. The van der Waals surface area contributed by atoms with E-state index >= 15 is 0 Å². The molecule has 0 bridgehead atoms. The molecule has 1 spiro atoms. The normalized spacial score (nSPS) is 22.7. The molecule has 4 saturated heterocycles. The summed E-state index contributed by atoms with van der Waals surface area (Å²) >= 11 is 0. The van der Waals surface area contributed by atoms with Gasteiger partial charge in [0.2, 0.25) is 11.8 Å². The second-order valence-electron chi connectivity index (χ2n) is 17.8. The van der Waals surface area contributed by atoms with Crippen LogP contribution in [0.1, 0.15) is 78.1 Å². The van der Waals surface area contributed by atoms with Gasteiger partial charge in [0, 0.05) is 69.0 Å². The molecule has 7 heterocycles. The standard InChI is InChI=1S/C46H48N10O5/c47-41-39-40(28-6-9-34(10-7-28)61-33-4-2-1-3-5-33)51-56(42(39)49-27-48-41)29-14-18-52(19-15-29)32-25-54(26-32)31-23-46(24-31)16-20-53(21-17-46)30-8-11-35-36(22-30)45(60)55(44(35)59)37-12-13-38(57)50-43(37)58/h1-11,22,27,29,31-32,37H,12-21,23-26H2,(H2,47,48,49)(H,50,57,58). The number of amides is 4. The van der Waals surface area contributed by atoms with Crippen LogP contribution in [-0.2, 0) is 9.59 Å². The zero-order valence-electron chi connectivity index (χ0n) is 33.9. The van der Waals surface area contributed by atoms with E-state index in [1.54, 1.807) is 6.07 Å². The number of fused-ring (bicyclic) bond motifs is 2. The Bertz CT molecular complexity index is 2550. The Kier molecular flexibility index (Phi) is 9.15. The SMILES string of the molecule is Nc1ncnc2c1c(-c1ccc(Oc3ccccc3)cc1)nn2C1CCN(C2CN(C3CC4(CCN(c5ccc6c(c5)C(=O)N(C5CCC(=O)NC5=O)C6=O)CC4)C3)C2)CC1. The van der Waals surface area contributed by atoms with Crippen molar-refractivity contribution in [2.24, 2.45) is 5.41 Å². The first kappa shape index (κ1) is 37.8. The van der Waals surface area contributed by atoms with Crippen molar-refractivity contribution in [3.8, 4) is 22.8 Å². The number of nitrogens with one attached hydrogen (secondary N) is 1. The number of rotatable bonds is 8. The summed E-state index contributed by atoms with van der Waals surface area (Å²) in [6, 6.07) is 23.6. The lowest BCUT2D eigenvalue weighted by Crippen LogP contribution is -2.67. The minimum atomic E-state index is -0.957. The summed E-state index contributed by atoms with van der Waals surface area (Å²) in [4.78, 5) is 68.4. The summed E-state index contributed by atoms with van der Waals surface area (Å²) in [5, 5.41) is 8.19. The molecule has 5 aromatic rings. The number of benzene rings is 3. The number of aromatic nitrogens is 4. The van der Waals surface area contributed by atoms with Crippen molar-refractivity contribution < 1.29 is 23.9 Å². The fourth-order valence-corrected chi connectivity index (χ4v) is 10.8. The Labute approximate surface area is 352 Å². The first-order chi connectivity index (χ1) is 29.7. The molecular formula is C46H48N10O5. The first-order valence-corrected chi connectivity index (χ1v) is 21.6. The molecule has 4 amide bonds. The topological polar surface area (TPSA) is 172 Å². The highest BCUT2D eigenvalue weighted by Crippen LogP contribution is 2.52. The third kappa shape index (κ3) is 6.61. The van der Waals surface area contributed by atoms with Gasteiger partial charge in [-0.05, 0) is 105 Å². The van der Waals surface area contributed by atoms with Gasteiger partial charge in [-0.1, -0.05) is 18.2 Å². The number of hydrogen-bond acceptors (Lipinski definition) is 12. The summed E-state index contributed by atoms with van der Waals surface area (Å²) in [5.41, 5.74) is 10.9. The molecule has 3 N–H and O–H groups in total. The van der Waals surface area contributed by atoms with E-state index in [9.17, 15) is 19.2 Å². The Hall–Kier alpha value is -6.19. The quantitative estimate of drug-likeness (QED) is 0.200. The molecule has 1 atom stereocenters. The summed E-state index contributed by atoms with van der Waals surface area (Å²) in [6.45, 7) is 6.10. The van der Waals surface area contributed by atoms with E-state index in [4.69, 9.17) is 15.6 Å². The highest BCUT2D eigenvalue weighted by atomic mass is 16.5. The van der Waals surface area contributed by atoms with E-state index in [2.05, 4.69) is 34.7 Å². The molecule has 312 valence electrons. The highest BCUT2D eigenvalue weighted by Gasteiger charge is 2.51. The first-order valence-electron chi connectivity index (χ1n) is 21.6. The lowest BCUT2D eigenvalue weighted by molar-refractivity contribution is -0.136. The number of carbonyl (C=O) groups excluding carboxylic acids is 4. The van der Waals surface area contributed by atoms with Crippen molar-refractivity contribution in [1.82, 2.24) is 39.8 Å². The molecule has 5 fully saturated rings. The minimum Gasteiger partial charge on any atom is -0.457 e. The van der Waals surface area contributed by atoms with Gasteiger partial charge in [-0.25, -0.2) is 14.6 Å². The third-order valence-electron chi connectivity index (χ3n) is 14.3. The average Bonchev–Trinajstić information content (AvgIpc) is 3.76. The lowest BCUT2D eigenvalue weighted by Gasteiger charge is -2.60. The molecule has 3 aromatic carbocycles. The van der Waals surface area contributed by atoms with Crippen LogP contribution < -0.4 is 20.7 Å². The molecule has 61 heavy (non-hydrogen) atoms. The Morgan fingerprint density at radius 3 is 2.20 bits per heavy atom. The zero-order valence-corrected chi connectivity index (χ0v) is 33.9. The van der Waals surface area contributed by atoms with Gasteiger partial charge in [0.05, 0.1) is 22.6 Å². The second kappa shape index (κ2) is 14.8. The van der Waals surface area contributed by atoms with E-state index in [0.29, 0.717) is 34.4 Å². The number of nitrogens with two attached hydrogens (primary N) is 1. The molecular weight excluding hydrogens is 773 g/mol. The molecule has 15 nitrogen and oxygen atoms in total. The Morgan fingerprint density at radius 2 is 1.46 bits per heavy atom. The summed E-state index contributed by atoms with van der Waals surface area (Å²) in [6.07, 6.45) is 8.46. The molecule has 1 saturated carbocycles. The van der Waals surface area contributed by atoms with Crippen LogP contribution in [0.5, 0.6) is 11.5 Å². The van der Waals surface area contributed by atoms with Crippen molar-refractivity contribution in [1.29, 1.82) is 0 Å². The van der Waals surface area contributed by atoms with Gasteiger partial charge in [0.1, 0.15) is 35.4 Å². The van der Waals surface area contributed by atoms with Crippen LogP contribution >= 0.6 is 0 Å². The van der Waals surface area contributed by atoms with Gasteiger partial charge in [-0.2, -0.15) is 5.10 Å². The van der Waals surface area contributed by atoms with Crippen LogP contribution in [0.15, 0.2) is 79.1 Å². The van der Waals surface area contributed by atoms with Gasteiger partial charge in [0.15, 0.2) is 5.65 Å². The zero-order chi connectivity index (χ0) is 41.4. The third-order valence-corrected chi connectivity index (χ3v) is 14.3. The van der Waals surface area contributed by atoms with Crippen molar-refractivity contribution in [3.63, 3.8) is 0 Å². The number of piperidine rings is 3. The molecule has 5 aliphatic heterocycles. The van der Waals surface area contributed by atoms with Crippen molar-refractivity contribution >= 4 is 46.2 Å². The number of nitrogen functional groups attached to an aromatic ring is 1. The number of nitrogens with zero attached hydrogens (tertiary/aromatic N) is 8. The number of imide groups is 2. The van der Waals surface area contributed by atoms with Crippen LogP contribution in [0.2, 0.25) is 0 Å². The monoisotopic (exact) mass is 820 g/mol. The van der Waals surface area contributed by atoms with Crippen LogP contribution in [0.25, 0.3) is 22.3 Å². The van der Waals surface area contributed by atoms with E-state index in [-0.39, 0.29) is 24.8 Å². The smallest absolute Gasteiger partial charge is 0.262 e. The van der Waals surface area contributed by atoms with Crippen molar-refractivity contribution in [2.75, 3.05) is 49.9 Å². The Balaban J connectivity index is 0.665. The summed E-state index contributed by atoms with van der Waals surface area (Å²) < 4.78 is 8.10. The second-order valence-corrected chi connectivity index (χ2v) is 17.8. The maximum absolute atomic E-state index is 13.4. The van der Waals surface area contributed by atoms with Crippen LogP contribution in [0.4, 0.5) is 11.5 Å². The van der Waals surface area contributed by atoms with E-state index in [1.165, 1.54) is 19.2 Å². The predicted octanol–water partition coefficient (Wildman–Crippen LogP) is 5.04. The van der Waals surface area contributed by atoms with Gasteiger partial charge >= 0.3 is 0 Å². The number of carbonyl (C=O) groups is 4. The molecule has 15 heteroatoms. The number of para-hydroxylation sites is 1. The molecule has 1 unspecified atom stereocenters. The van der Waals surface area contributed by atoms with E-state index in [0.717, 1.165) is 109 Å². The molecule has 0 radical (unpaired) electrons. The summed E-state index contributed by atoms with van der Waals surface area (Å²) in [5.74, 6) is 0.0713. The van der Waals surface area contributed by atoms with Crippen molar-refractivity contribution in [3.05, 3.63) is 90.3 Å². The van der Waals surface area contributed by atoms with Crippen LogP contribution in [0.3, 0.4) is 0 Å². The van der Waals surface area contributed by atoms with Gasteiger partial charge in [-0.15, -0.1) is 0 Å². The Morgan fingerprint density at radius 1 is 0.738 bits per heavy atom. The largest absolute Gasteiger partial charge is 0.457 e. The number of likely N-dealkylation sites (tertiary alicyclic amines) is 2. The van der Waals surface area contributed by atoms with Crippen molar-refractivity contribution in [2.45, 2.75) is 75.5 Å². The fraction of sp³-hybridized carbons (Fsp3) is 0.413. The molecule has 6 aliphatic rings. The summed E-state index contributed by atoms with van der Waals surface area (Å²) in [7, 11) is 0. The number of hydrogen-bond donors (Lipinski definition) is 2. The molecule has 11 rings (SSSR count). The van der Waals surface area contributed by atoms with Gasteiger partial charge in [-0.3, -0.25) is 39.2 Å². The highest BCUT2D eigenvalue weighted by molar-refractivity contribution is 6.23. The number of anilines is 2. The van der Waals surface area contributed by atoms with E-state index in [1.807, 2.05) is 66.7 Å². The minimum absolute atomic E-state index is 0.105. The maximum Gasteiger partial charge on any atom is 0.262 e. The van der Waals surface area contributed by atoms with Gasteiger partial charge < -0.3 is 15.4 Å².